The monoisotopic (exact) mass is 212 g/mol. The second-order valence-corrected chi connectivity index (χ2v) is 3.59. The first-order chi connectivity index (χ1) is 6.92. The second kappa shape index (κ2) is 5.40. The lowest BCUT2D eigenvalue weighted by Gasteiger charge is -2.24. The van der Waals surface area contributed by atoms with E-state index in [-0.39, 0.29) is 12.3 Å². The van der Waals surface area contributed by atoms with Gasteiger partial charge in [0.15, 0.2) is 5.41 Å². The molecular formula is C11H16O4. The largest absolute Gasteiger partial charge is 0.468 e. The zero-order valence-electron chi connectivity index (χ0n) is 9.49. The lowest BCUT2D eigenvalue weighted by molar-refractivity contribution is -0.168. The van der Waals surface area contributed by atoms with E-state index in [9.17, 15) is 9.59 Å². The number of hydrogen-bond acceptors (Lipinski definition) is 4. The van der Waals surface area contributed by atoms with Crippen molar-refractivity contribution in [3.63, 3.8) is 0 Å². The summed E-state index contributed by atoms with van der Waals surface area (Å²) in [7, 11) is 2.45. The normalized spacial score (nSPS) is 12.5. The molecule has 0 aromatic rings. The lowest BCUT2D eigenvalue weighted by Crippen LogP contribution is -2.39. The Hall–Kier alpha value is -1.50. The highest BCUT2D eigenvalue weighted by molar-refractivity contribution is 5.99. The molecular weight excluding hydrogens is 196 g/mol. The molecule has 0 rings (SSSR count). The Morgan fingerprint density at radius 1 is 1.33 bits per heavy atom. The van der Waals surface area contributed by atoms with E-state index in [0.29, 0.717) is 0 Å². The van der Waals surface area contributed by atoms with E-state index in [1.165, 1.54) is 21.1 Å². The van der Waals surface area contributed by atoms with Crippen molar-refractivity contribution in [2.75, 3.05) is 14.2 Å². The van der Waals surface area contributed by atoms with Gasteiger partial charge in [-0.25, -0.2) is 0 Å². The molecule has 84 valence electrons. The molecule has 0 aromatic heterocycles. The Morgan fingerprint density at radius 3 is 2.00 bits per heavy atom. The maximum absolute atomic E-state index is 11.5. The number of carbonyl (C=O) groups is 2. The minimum atomic E-state index is -1.32. The lowest BCUT2D eigenvalue weighted by atomic mass is 9.81. The van der Waals surface area contributed by atoms with Crippen molar-refractivity contribution in [2.24, 2.45) is 11.3 Å². The summed E-state index contributed by atoms with van der Waals surface area (Å²) in [5.41, 5.74) is -1.32. The SMILES string of the molecule is C#C[C@H](C)CC(C)(C(=O)OC)C(=O)OC. The van der Waals surface area contributed by atoms with Crippen LogP contribution in [0.2, 0.25) is 0 Å². The van der Waals surface area contributed by atoms with Crippen LogP contribution in [0, 0.1) is 23.7 Å². The maximum atomic E-state index is 11.5. The summed E-state index contributed by atoms with van der Waals surface area (Å²) in [6.45, 7) is 3.22. The molecule has 0 amide bonds. The smallest absolute Gasteiger partial charge is 0.322 e. The van der Waals surface area contributed by atoms with Gasteiger partial charge in [-0.1, -0.05) is 6.92 Å². The van der Waals surface area contributed by atoms with Crippen molar-refractivity contribution < 1.29 is 19.1 Å². The Balaban J connectivity index is 4.96. The molecule has 0 spiro atoms. The first-order valence-corrected chi connectivity index (χ1v) is 4.55. The second-order valence-electron chi connectivity index (χ2n) is 3.59. The fraction of sp³-hybridized carbons (Fsp3) is 0.636. The van der Waals surface area contributed by atoms with Gasteiger partial charge < -0.3 is 9.47 Å². The first kappa shape index (κ1) is 13.5. The van der Waals surface area contributed by atoms with Crippen LogP contribution in [-0.2, 0) is 19.1 Å². The molecule has 0 aliphatic heterocycles. The third kappa shape index (κ3) is 2.98. The summed E-state index contributed by atoms with van der Waals surface area (Å²) in [4.78, 5) is 23.0. The quantitative estimate of drug-likeness (QED) is 0.396. The Morgan fingerprint density at radius 2 is 1.73 bits per heavy atom. The molecule has 0 unspecified atom stereocenters. The van der Waals surface area contributed by atoms with Gasteiger partial charge in [-0.3, -0.25) is 9.59 Å². The molecule has 0 aliphatic carbocycles. The van der Waals surface area contributed by atoms with Gasteiger partial charge in [-0.05, 0) is 13.3 Å². The number of hydrogen-bond donors (Lipinski definition) is 0. The molecule has 0 heterocycles. The zero-order chi connectivity index (χ0) is 12.1. The van der Waals surface area contributed by atoms with Gasteiger partial charge in [0.1, 0.15) is 0 Å². The van der Waals surface area contributed by atoms with Crippen LogP contribution in [0.5, 0.6) is 0 Å². The van der Waals surface area contributed by atoms with E-state index in [2.05, 4.69) is 15.4 Å². The van der Waals surface area contributed by atoms with Gasteiger partial charge in [0.25, 0.3) is 0 Å². The Labute approximate surface area is 89.9 Å². The fourth-order valence-corrected chi connectivity index (χ4v) is 1.37. The summed E-state index contributed by atoms with van der Waals surface area (Å²) < 4.78 is 9.15. The number of methoxy groups -OCH3 is 2. The molecule has 0 saturated heterocycles. The predicted octanol–water partition coefficient (Wildman–Crippen LogP) is 0.998. The molecule has 0 radical (unpaired) electrons. The molecule has 15 heavy (non-hydrogen) atoms. The molecule has 0 aromatic carbocycles. The minimum Gasteiger partial charge on any atom is -0.468 e. The van der Waals surface area contributed by atoms with Crippen molar-refractivity contribution in [3.05, 3.63) is 0 Å². The highest BCUT2D eigenvalue weighted by atomic mass is 16.5. The minimum absolute atomic E-state index is 0.201. The van der Waals surface area contributed by atoms with Crippen LogP contribution in [-0.4, -0.2) is 26.2 Å². The standard InChI is InChI=1S/C11H16O4/c1-6-8(2)7-11(3,9(12)14-4)10(13)15-5/h1,8H,7H2,2-5H3/t8-/m0/s1. The van der Waals surface area contributed by atoms with Crippen LogP contribution < -0.4 is 0 Å². The summed E-state index contributed by atoms with van der Waals surface area (Å²) in [5, 5.41) is 0. The van der Waals surface area contributed by atoms with Crippen LogP contribution in [0.15, 0.2) is 0 Å². The Bertz CT molecular complexity index is 271. The van der Waals surface area contributed by atoms with E-state index in [4.69, 9.17) is 6.42 Å². The molecule has 4 nitrogen and oxygen atoms in total. The van der Waals surface area contributed by atoms with E-state index < -0.39 is 17.4 Å². The zero-order valence-corrected chi connectivity index (χ0v) is 9.49. The van der Waals surface area contributed by atoms with E-state index in [1.807, 2.05) is 0 Å². The van der Waals surface area contributed by atoms with Gasteiger partial charge in [0, 0.05) is 5.92 Å². The van der Waals surface area contributed by atoms with Gasteiger partial charge in [0.05, 0.1) is 14.2 Å². The number of carbonyl (C=O) groups excluding carboxylic acids is 2. The van der Waals surface area contributed by atoms with E-state index in [1.54, 1.807) is 6.92 Å². The topological polar surface area (TPSA) is 52.6 Å². The third-order valence-electron chi connectivity index (χ3n) is 2.27. The number of rotatable bonds is 4. The Kier molecular flexibility index (Phi) is 4.86. The van der Waals surface area contributed by atoms with Crippen molar-refractivity contribution >= 4 is 11.9 Å². The summed E-state index contributed by atoms with van der Waals surface area (Å²) in [5.74, 6) is 1.01. The number of terminal acetylenes is 1. The maximum Gasteiger partial charge on any atom is 0.322 e. The fourth-order valence-electron chi connectivity index (χ4n) is 1.37. The summed E-state index contributed by atoms with van der Waals surface area (Å²) in [6.07, 6.45) is 5.42. The van der Waals surface area contributed by atoms with E-state index >= 15 is 0 Å². The van der Waals surface area contributed by atoms with Gasteiger partial charge in [-0.15, -0.1) is 12.3 Å². The average Bonchev–Trinajstić information content (AvgIpc) is 2.25. The predicted molar refractivity (Wildman–Crippen MR) is 54.8 cm³/mol. The highest BCUT2D eigenvalue weighted by Gasteiger charge is 2.44. The first-order valence-electron chi connectivity index (χ1n) is 4.55. The van der Waals surface area contributed by atoms with Gasteiger partial charge in [-0.2, -0.15) is 0 Å². The van der Waals surface area contributed by atoms with Crippen LogP contribution in [0.4, 0.5) is 0 Å². The van der Waals surface area contributed by atoms with Crippen molar-refractivity contribution in [1.29, 1.82) is 0 Å². The van der Waals surface area contributed by atoms with Crippen LogP contribution >= 0.6 is 0 Å². The van der Waals surface area contributed by atoms with Crippen LogP contribution in [0.3, 0.4) is 0 Å². The molecule has 0 bridgehead atoms. The summed E-state index contributed by atoms with van der Waals surface area (Å²) in [6, 6.07) is 0. The average molecular weight is 212 g/mol. The van der Waals surface area contributed by atoms with Crippen molar-refractivity contribution in [1.82, 2.24) is 0 Å². The van der Waals surface area contributed by atoms with Gasteiger partial charge >= 0.3 is 11.9 Å². The van der Waals surface area contributed by atoms with Gasteiger partial charge in [0.2, 0.25) is 0 Å². The number of ether oxygens (including phenoxy) is 2. The molecule has 0 N–H and O–H groups in total. The van der Waals surface area contributed by atoms with Crippen molar-refractivity contribution in [2.45, 2.75) is 20.3 Å². The van der Waals surface area contributed by atoms with Crippen LogP contribution in [0.1, 0.15) is 20.3 Å². The number of esters is 2. The van der Waals surface area contributed by atoms with Crippen LogP contribution in [0.25, 0.3) is 0 Å². The molecule has 0 fully saturated rings. The van der Waals surface area contributed by atoms with E-state index in [0.717, 1.165) is 0 Å². The van der Waals surface area contributed by atoms with Crippen molar-refractivity contribution in [3.8, 4) is 12.3 Å². The highest BCUT2D eigenvalue weighted by Crippen LogP contribution is 2.28. The molecule has 4 heteroatoms. The third-order valence-corrected chi connectivity index (χ3v) is 2.27. The molecule has 0 saturated carbocycles. The summed E-state index contributed by atoms with van der Waals surface area (Å²) >= 11 is 0. The molecule has 1 atom stereocenters. The molecule has 0 aliphatic rings.